The maximum Gasteiger partial charge on any atom is 0.239 e. The monoisotopic (exact) mass is 232 g/mol. The van der Waals surface area contributed by atoms with E-state index in [1.165, 1.54) is 0 Å². The minimum absolute atomic E-state index is 0.0546. The molecule has 1 amide bonds. The number of amides is 1. The zero-order valence-electron chi connectivity index (χ0n) is 10.5. The average Bonchev–Trinajstić information content (AvgIpc) is 2.10. The van der Waals surface area contributed by atoms with Crippen LogP contribution in [0, 0.1) is 5.41 Å². The molecule has 90 valence electrons. The van der Waals surface area contributed by atoms with E-state index in [4.69, 9.17) is 5.73 Å². The van der Waals surface area contributed by atoms with Gasteiger partial charge in [0, 0.05) is 13.6 Å². The molecule has 2 N–H and O–H groups in total. The van der Waals surface area contributed by atoms with Crippen molar-refractivity contribution in [1.29, 1.82) is 0 Å². The fourth-order valence-electron chi connectivity index (χ4n) is 1.44. The van der Waals surface area contributed by atoms with Gasteiger partial charge in [-0.15, -0.1) is 0 Å². The molecule has 0 aliphatic heterocycles. The summed E-state index contributed by atoms with van der Waals surface area (Å²) in [5.41, 5.74) is 5.95. The molecule has 0 saturated heterocycles. The highest BCUT2D eigenvalue weighted by Crippen LogP contribution is 2.14. The summed E-state index contributed by atoms with van der Waals surface area (Å²) in [4.78, 5) is 13.6. The number of rotatable bonds is 5. The molecule has 3 nitrogen and oxygen atoms in total. The van der Waals surface area contributed by atoms with E-state index in [1.54, 1.807) is 16.7 Å². The number of hydrogen-bond acceptors (Lipinski definition) is 3. The van der Waals surface area contributed by atoms with Crippen LogP contribution in [0.1, 0.15) is 27.2 Å². The Labute approximate surface area is 97.8 Å². The molecule has 0 aliphatic rings. The van der Waals surface area contributed by atoms with E-state index in [9.17, 15) is 4.79 Å². The number of nitrogens with zero attached hydrogens (tertiary/aromatic N) is 1. The van der Waals surface area contributed by atoms with Gasteiger partial charge < -0.3 is 10.6 Å². The highest BCUT2D eigenvalue weighted by molar-refractivity contribution is 7.98. The Morgan fingerprint density at radius 1 is 1.47 bits per heavy atom. The highest BCUT2D eigenvalue weighted by Gasteiger charge is 2.21. The topological polar surface area (TPSA) is 46.3 Å². The predicted octanol–water partition coefficient (Wildman–Crippen LogP) is 1.57. The van der Waals surface area contributed by atoms with E-state index in [0.29, 0.717) is 0 Å². The van der Waals surface area contributed by atoms with Crippen LogP contribution in [0.25, 0.3) is 0 Å². The zero-order valence-corrected chi connectivity index (χ0v) is 11.4. The quantitative estimate of drug-likeness (QED) is 0.782. The zero-order chi connectivity index (χ0) is 12.1. The lowest BCUT2D eigenvalue weighted by atomic mass is 9.96. The van der Waals surface area contributed by atoms with E-state index >= 15 is 0 Å². The molecule has 0 bridgehead atoms. The van der Waals surface area contributed by atoms with E-state index in [-0.39, 0.29) is 17.4 Å². The maximum atomic E-state index is 11.8. The van der Waals surface area contributed by atoms with Crippen LogP contribution in [-0.2, 0) is 4.79 Å². The molecule has 0 heterocycles. The lowest BCUT2D eigenvalue weighted by Crippen LogP contribution is -2.44. The second-order valence-electron chi connectivity index (χ2n) is 5.14. The van der Waals surface area contributed by atoms with E-state index < -0.39 is 0 Å². The Morgan fingerprint density at radius 2 is 2.00 bits per heavy atom. The second kappa shape index (κ2) is 6.38. The fourth-order valence-corrected chi connectivity index (χ4v) is 1.93. The van der Waals surface area contributed by atoms with Gasteiger partial charge in [0.1, 0.15) is 0 Å². The van der Waals surface area contributed by atoms with Gasteiger partial charge in [0.2, 0.25) is 5.91 Å². The first-order chi connectivity index (χ1) is 6.78. The van der Waals surface area contributed by atoms with Gasteiger partial charge in [-0.1, -0.05) is 20.8 Å². The van der Waals surface area contributed by atoms with Gasteiger partial charge in [-0.05, 0) is 23.8 Å². The van der Waals surface area contributed by atoms with Gasteiger partial charge in [0.05, 0.1) is 6.04 Å². The molecule has 0 aromatic rings. The van der Waals surface area contributed by atoms with Crippen LogP contribution in [0.4, 0.5) is 0 Å². The second-order valence-corrected chi connectivity index (χ2v) is 6.13. The van der Waals surface area contributed by atoms with Crippen LogP contribution in [0.5, 0.6) is 0 Å². The fraction of sp³-hybridized carbons (Fsp3) is 0.909. The number of hydrogen-bond donors (Lipinski definition) is 1. The summed E-state index contributed by atoms with van der Waals surface area (Å²) in [6.07, 6.45) is 2.78. The summed E-state index contributed by atoms with van der Waals surface area (Å²) in [5.74, 6) is 0.995. The minimum Gasteiger partial charge on any atom is -0.344 e. The molecule has 0 aromatic heterocycles. The third-order valence-corrected chi connectivity index (χ3v) is 2.68. The van der Waals surface area contributed by atoms with Crippen molar-refractivity contribution in [2.75, 3.05) is 25.6 Å². The first-order valence-corrected chi connectivity index (χ1v) is 6.67. The normalized spacial score (nSPS) is 13.7. The Kier molecular flexibility index (Phi) is 6.29. The lowest BCUT2D eigenvalue weighted by molar-refractivity contribution is -0.132. The predicted molar refractivity (Wildman–Crippen MR) is 68.1 cm³/mol. The molecular formula is C11H24N2OS. The SMILES string of the molecule is CSCC[C@@H](N)C(=O)N(C)CC(C)(C)C. The van der Waals surface area contributed by atoms with Crippen molar-refractivity contribution >= 4 is 17.7 Å². The summed E-state index contributed by atoms with van der Waals surface area (Å²) >= 11 is 1.72. The Morgan fingerprint density at radius 3 is 2.40 bits per heavy atom. The number of nitrogens with two attached hydrogens (primary N) is 1. The molecule has 0 rings (SSSR count). The number of likely N-dealkylation sites (N-methyl/N-ethyl adjacent to an activating group) is 1. The van der Waals surface area contributed by atoms with Gasteiger partial charge in [-0.2, -0.15) is 11.8 Å². The van der Waals surface area contributed by atoms with Gasteiger partial charge >= 0.3 is 0 Å². The Bertz CT molecular complexity index is 201. The van der Waals surface area contributed by atoms with Gasteiger partial charge in [0.15, 0.2) is 0 Å². The third kappa shape index (κ3) is 6.79. The Hall–Kier alpha value is -0.220. The molecule has 0 aliphatic carbocycles. The molecule has 0 fully saturated rings. The largest absolute Gasteiger partial charge is 0.344 e. The summed E-state index contributed by atoms with van der Waals surface area (Å²) in [6, 6.07) is -0.343. The van der Waals surface area contributed by atoms with Crippen molar-refractivity contribution in [3.63, 3.8) is 0 Å². The molecular weight excluding hydrogens is 208 g/mol. The van der Waals surface area contributed by atoms with Crippen molar-refractivity contribution in [3.8, 4) is 0 Å². The van der Waals surface area contributed by atoms with E-state index in [2.05, 4.69) is 20.8 Å². The van der Waals surface area contributed by atoms with Gasteiger partial charge in [0.25, 0.3) is 0 Å². The standard InChI is InChI=1S/C11H24N2OS/c1-11(2,3)8-13(4)10(14)9(12)6-7-15-5/h9H,6-8,12H2,1-5H3/t9-/m1/s1. The molecule has 0 saturated carbocycles. The van der Waals surface area contributed by atoms with Crippen molar-refractivity contribution in [1.82, 2.24) is 4.90 Å². The summed E-state index contributed by atoms with van der Waals surface area (Å²) in [6.45, 7) is 7.09. The van der Waals surface area contributed by atoms with Crippen LogP contribution >= 0.6 is 11.8 Å². The van der Waals surface area contributed by atoms with Gasteiger partial charge in [-0.25, -0.2) is 0 Å². The number of thioether (sulfide) groups is 1. The van der Waals surface area contributed by atoms with Crippen LogP contribution in [-0.4, -0.2) is 42.4 Å². The van der Waals surface area contributed by atoms with Crippen LogP contribution in [0.3, 0.4) is 0 Å². The maximum absolute atomic E-state index is 11.8. The average molecular weight is 232 g/mol. The molecule has 4 heteroatoms. The molecule has 15 heavy (non-hydrogen) atoms. The van der Waals surface area contributed by atoms with Crippen molar-refractivity contribution in [2.45, 2.75) is 33.2 Å². The van der Waals surface area contributed by atoms with E-state index in [0.717, 1.165) is 18.7 Å². The van der Waals surface area contributed by atoms with Crippen molar-refractivity contribution in [2.24, 2.45) is 11.1 Å². The minimum atomic E-state index is -0.343. The smallest absolute Gasteiger partial charge is 0.239 e. The summed E-state index contributed by atoms with van der Waals surface area (Å²) in [5, 5.41) is 0. The molecule has 0 radical (unpaired) electrons. The first kappa shape index (κ1) is 14.8. The molecule has 1 atom stereocenters. The third-order valence-electron chi connectivity index (χ3n) is 2.04. The number of carbonyl (C=O) groups excluding carboxylic acids is 1. The van der Waals surface area contributed by atoms with Gasteiger partial charge in [-0.3, -0.25) is 4.79 Å². The summed E-state index contributed by atoms with van der Waals surface area (Å²) < 4.78 is 0. The first-order valence-electron chi connectivity index (χ1n) is 5.27. The molecule has 0 aromatic carbocycles. The van der Waals surface area contributed by atoms with Crippen LogP contribution in [0.15, 0.2) is 0 Å². The molecule has 0 unspecified atom stereocenters. The number of carbonyl (C=O) groups is 1. The highest BCUT2D eigenvalue weighted by atomic mass is 32.2. The molecule has 0 spiro atoms. The van der Waals surface area contributed by atoms with Crippen LogP contribution < -0.4 is 5.73 Å². The van der Waals surface area contributed by atoms with Crippen LogP contribution in [0.2, 0.25) is 0 Å². The Balaban J connectivity index is 4.08. The lowest BCUT2D eigenvalue weighted by Gasteiger charge is -2.28. The van der Waals surface area contributed by atoms with Crippen molar-refractivity contribution < 1.29 is 4.79 Å². The van der Waals surface area contributed by atoms with E-state index in [1.807, 2.05) is 13.3 Å². The van der Waals surface area contributed by atoms with Crippen molar-refractivity contribution in [3.05, 3.63) is 0 Å². The summed E-state index contributed by atoms with van der Waals surface area (Å²) in [7, 11) is 1.83.